The van der Waals surface area contributed by atoms with E-state index in [0.29, 0.717) is 17.9 Å². The van der Waals surface area contributed by atoms with Crippen LogP contribution in [0.3, 0.4) is 0 Å². The molecule has 0 aliphatic heterocycles. The molecule has 2 aromatic heterocycles. The van der Waals surface area contributed by atoms with Crippen LogP contribution in [0.1, 0.15) is 23.0 Å². The molecule has 0 aromatic carbocycles. The molecular weight excluding hydrogens is 330 g/mol. The monoisotopic (exact) mass is 351 g/mol. The Labute approximate surface area is 144 Å². The number of carbonyl (C=O) groups excluding carboxylic acids is 1. The fourth-order valence-electron chi connectivity index (χ4n) is 2.57. The number of aromatic nitrogens is 2. The first-order chi connectivity index (χ1) is 11.3. The van der Waals surface area contributed by atoms with Crippen molar-refractivity contribution in [3.05, 3.63) is 43.9 Å². The number of carbonyl (C=O) groups is 1. The summed E-state index contributed by atoms with van der Waals surface area (Å²) in [6.45, 7) is 3.59. The molecule has 24 heavy (non-hydrogen) atoms. The topological polar surface area (TPSA) is 93.3 Å². The molecule has 1 N–H and O–H groups in total. The second-order valence-corrected chi connectivity index (χ2v) is 6.55. The number of nitrogens with zero attached hydrogens (tertiary/aromatic N) is 4. The number of hydrogen-bond acceptors (Lipinski definition) is 6. The maximum atomic E-state index is 12.2. The van der Waals surface area contributed by atoms with Crippen LogP contribution in [0.4, 0.5) is 5.69 Å². The van der Waals surface area contributed by atoms with Gasteiger partial charge in [-0.3, -0.25) is 19.6 Å². The standard InChI is InChI=1S/C15H21N5O3S/c1-10-15(20(22)23)11(2)19(17-10)8-14(21)16-7-13(18(3)4)12-5-6-24-9-12/h5-6,9,13H,7-8H2,1-4H3,(H,16,21)/t13-/m0/s1. The first kappa shape index (κ1) is 18.1. The van der Waals surface area contributed by atoms with Crippen LogP contribution < -0.4 is 5.32 Å². The summed E-state index contributed by atoms with van der Waals surface area (Å²) in [5.41, 5.74) is 1.81. The van der Waals surface area contributed by atoms with E-state index in [1.165, 1.54) is 4.68 Å². The second-order valence-electron chi connectivity index (χ2n) is 5.77. The van der Waals surface area contributed by atoms with Gasteiger partial charge in [0.15, 0.2) is 0 Å². The molecule has 8 nitrogen and oxygen atoms in total. The molecule has 2 rings (SSSR count). The number of nitrogens with one attached hydrogen (secondary N) is 1. The Hall–Kier alpha value is -2.26. The molecule has 2 aromatic rings. The molecule has 0 aliphatic rings. The number of rotatable bonds is 7. The quantitative estimate of drug-likeness (QED) is 0.607. The number of aryl methyl sites for hydroxylation is 1. The van der Waals surface area contributed by atoms with Gasteiger partial charge < -0.3 is 10.2 Å². The SMILES string of the molecule is Cc1nn(CC(=O)NC[C@@H](c2ccsc2)N(C)C)c(C)c1[N+](=O)[O-]. The summed E-state index contributed by atoms with van der Waals surface area (Å²) in [5, 5.41) is 22.0. The third kappa shape index (κ3) is 3.98. The van der Waals surface area contributed by atoms with Crippen molar-refractivity contribution in [1.29, 1.82) is 0 Å². The lowest BCUT2D eigenvalue weighted by molar-refractivity contribution is -0.386. The molecule has 2 heterocycles. The van der Waals surface area contributed by atoms with E-state index in [2.05, 4.69) is 15.8 Å². The van der Waals surface area contributed by atoms with Crippen LogP contribution in [-0.4, -0.2) is 46.2 Å². The van der Waals surface area contributed by atoms with E-state index in [4.69, 9.17) is 0 Å². The van der Waals surface area contributed by atoms with Crippen LogP contribution in [0.25, 0.3) is 0 Å². The van der Waals surface area contributed by atoms with Gasteiger partial charge in [-0.25, -0.2) is 0 Å². The van der Waals surface area contributed by atoms with E-state index in [0.717, 1.165) is 5.56 Å². The summed E-state index contributed by atoms with van der Waals surface area (Å²) in [6.07, 6.45) is 0. The maximum Gasteiger partial charge on any atom is 0.312 e. The van der Waals surface area contributed by atoms with Crippen molar-refractivity contribution in [2.75, 3.05) is 20.6 Å². The van der Waals surface area contributed by atoms with E-state index in [9.17, 15) is 14.9 Å². The molecule has 0 unspecified atom stereocenters. The molecule has 0 spiro atoms. The van der Waals surface area contributed by atoms with Crippen LogP contribution in [0.15, 0.2) is 16.8 Å². The zero-order valence-electron chi connectivity index (χ0n) is 14.1. The van der Waals surface area contributed by atoms with E-state index in [1.54, 1.807) is 25.2 Å². The molecule has 0 aliphatic carbocycles. The molecule has 130 valence electrons. The van der Waals surface area contributed by atoms with E-state index < -0.39 is 4.92 Å². The normalized spacial score (nSPS) is 12.4. The highest BCUT2D eigenvalue weighted by Gasteiger charge is 2.23. The highest BCUT2D eigenvalue weighted by molar-refractivity contribution is 7.07. The minimum Gasteiger partial charge on any atom is -0.353 e. The van der Waals surface area contributed by atoms with Gasteiger partial charge in [0.25, 0.3) is 0 Å². The largest absolute Gasteiger partial charge is 0.353 e. The van der Waals surface area contributed by atoms with E-state index in [-0.39, 0.29) is 24.2 Å². The Bertz CT molecular complexity index is 724. The number of likely N-dealkylation sites (N-methyl/N-ethyl adjacent to an activating group) is 1. The maximum absolute atomic E-state index is 12.2. The van der Waals surface area contributed by atoms with Crippen LogP contribution >= 0.6 is 11.3 Å². The highest BCUT2D eigenvalue weighted by atomic mass is 32.1. The third-order valence-corrected chi connectivity index (χ3v) is 4.56. The van der Waals surface area contributed by atoms with Gasteiger partial charge in [-0.2, -0.15) is 16.4 Å². The van der Waals surface area contributed by atoms with Crippen molar-refractivity contribution in [3.63, 3.8) is 0 Å². The van der Waals surface area contributed by atoms with E-state index >= 15 is 0 Å². The molecule has 0 bridgehead atoms. The summed E-state index contributed by atoms with van der Waals surface area (Å²) >= 11 is 1.61. The van der Waals surface area contributed by atoms with Crippen LogP contribution in [-0.2, 0) is 11.3 Å². The van der Waals surface area contributed by atoms with Crippen molar-refractivity contribution in [2.24, 2.45) is 0 Å². The number of hydrogen-bond donors (Lipinski definition) is 1. The van der Waals surface area contributed by atoms with Gasteiger partial charge >= 0.3 is 5.69 Å². The lowest BCUT2D eigenvalue weighted by Gasteiger charge is -2.24. The zero-order chi connectivity index (χ0) is 17.9. The third-order valence-electron chi connectivity index (χ3n) is 3.86. The number of nitro groups is 1. The molecule has 0 radical (unpaired) electrons. The van der Waals surface area contributed by atoms with Gasteiger partial charge in [-0.15, -0.1) is 0 Å². The molecule has 9 heteroatoms. The average molecular weight is 351 g/mol. The number of amides is 1. The fraction of sp³-hybridized carbons (Fsp3) is 0.467. The fourth-order valence-corrected chi connectivity index (χ4v) is 3.28. The highest BCUT2D eigenvalue weighted by Crippen LogP contribution is 2.22. The Balaban J connectivity index is 2.01. The first-order valence-electron chi connectivity index (χ1n) is 7.45. The van der Waals surface area contributed by atoms with Gasteiger partial charge in [0.1, 0.15) is 17.9 Å². The van der Waals surface area contributed by atoms with Gasteiger partial charge in [-0.05, 0) is 50.3 Å². The predicted octanol–water partition coefficient (Wildman–Crippen LogP) is 1.89. The molecule has 1 amide bonds. The van der Waals surface area contributed by atoms with Crippen molar-refractivity contribution in [3.8, 4) is 0 Å². The Morgan fingerprint density at radius 3 is 2.71 bits per heavy atom. The van der Waals surface area contributed by atoms with Crippen molar-refractivity contribution in [1.82, 2.24) is 20.0 Å². The van der Waals surface area contributed by atoms with Crippen molar-refractivity contribution >= 4 is 22.9 Å². The molecule has 1 atom stereocenters. The van der Waals surface area contributed by atoms with Gasteiger partial charge in [0.2, 0.25) is 5.91 Å². The molecular formula is C15H21N5O3S. The molecule has 0 fully saturated rings. The minimum absolute atomic E-state index is 0.0350. The van der Waals surface area contributed by atoms with Crippen LogP contribution in [0.2, 0.25) is 0 Å². The van der Waals surface area contributed by atoms with Crippen LogP contribution in [0.5, 0.6) is 0 Å². The first-order valence-corrected chi connectivity index (χ1v) is 8.39. The van der Waals surface area contributed by atoms with Gasteiger partial charge in [0, 0.05) is 6.54 Å². The second kappa shape index (κ2) is 7.54. The zero-order valence-corrected chi connectivity index (χ0v) is 15.0. The summed E-state index contributed by atoms with van der Waals surface area (Å²) in [4.78, 5) is 24.8. The van der Waals surface area contributed by atoms with E-state index in [1.807, 2.05) is 30.4 Å². The Morgan fingerprint density at radius 2 is 2.21 bits per heavy atom. The minimum atomic E-state index is -0.468. The van der Waals surface area contributed by atoms with Crippen molar-refractivity contribution in [2.45, 2.75) is 26.4 Å². The van der Waals surface area contributed by atoms with Gasteiger partial charge in [0.05, 0.1) is 11.0 Å². The Morgan fingerprint density at radius 1 is 1.50 bits per heavy atom. The lowest BCUT2D eigenvalue weighted by atomic mass is 10.1. The van der Waals surface area contributed by atoms with Crippen LogP contribution in [0, 0.1) is 24.0 Å². The van der Waals surface area contributed by atoms with Crippen molar-refractivity contribution < 1.29 is 9.72 Å². The molecule has 0 saturated carbocycles. The Kier molecular flexibility index (Phi) is 5.68. The summed E-state index contributed by atoms with van der Waals surface area (Å²) in [6, 6.07) is 2.11. The molecule has 0 saturated heterocycles. The summed E-state index contributed by atoms with van der Waals surface area (Å²) in [7, 11) is 3.91. The predicted molar refractivity (Wildman–Crippen MR) is 92.1 cm³/mol. The average Bonchev–Trinajstić information content (AvgIpc) is 3.08. The summed E-state index contributed by atoms with van der Waals surface area (Å²) < 4.78 is 1.37. The van der Waals surface area contributed by atoms with Gasteiger partial charge in [-0.1, -0.05) is 0 Å². The summed E-state index contributed by atoms with van der Waals surface area (Å²) in [5.74, 6) is -0.224. The smallest absolute Gasteiger partial charge is 0.312 e. The number of thiophene rings is 1. The lowest BCUT2D eigenvalue weighted by Crippen LogP contribution is -2.36.